The van der Waals surface area contributed by atoms with E-state index < -0.39 is 9.84 Å². The number of benzene rings is 1. The van der Waals surface area contributed by atoms with Crippen molar-refractivity contribution in [1.82, 2.24) is 15.1 Å². The summed E-state index contributed by atoms with van der Waals surface area (Å²) in [5.41, 5.74) is 0.981. The maximum absolute atomic E-state index is 12.9. The Kier molecular flexibility index (Phi) is 5.23. The predicted molar refractivity (Wildman–Crippen MR) is 101 cm³/mol. The summed E-state index contributed by atoms with van der Waals surface area (Å²) >= 11 is 1.21. The molecule has 2 heterocycles. The first-order chi connectivity index (χ1) is 13.0. The summed E-state index contributed by atoms with van der Waals surface area (Å²) in [6.45, 7) is 0.400. The van der Waals surface area contributed by atoms with Crippen molar-refractivity contribution in [3.8, 4) is 0 Å². The van der Waals surface area contributed by atoms with Gasteiger partial charge in [-0.3, -0.25) is 4.79 Å². The first kappa shape index (κ1) is 18.5. The maximum atomic E-state index is 12.9. The fourth-order valence-corrected chi connectivity index (χ4v) is 5.59. The van der Waals surface area contributed by atoms with Gasteiger partial charge in [-0.15, -0.1) is 10.2 Å². The molecule has 4 rings (SSSR count). The number of sulfone groups is 1. The second kappa shape index (κ2) is 7.63. The van der Waals surface area contributed by atoms with E-state index >= 15 is 0 Å². The molecule has 0 spiro atoms. The molecule has 1 amide bonds. The van der Waals surface area contributed by atoms with Gasteiger partial charge in [0.15, 0.2) is 9.84 Å². The molecule has 9 heteroatoms. The second-order valence-corrected chi connectivity index (χ2v) is 10.2. The molecule has 1 aliphatic carbocycles. The zero-order valence-electron chi connectivity index (χ0n) is 14.8. The third-order valence-electron chi connectivity index (χ3n) is 4.83. The number of nitrogens with zero attached hydrogens (tertiary/aromatic N) is 3. The van der Waals surface area contributed by atoms with Gasteiger partial charge in [0.1, 0.15) is 0 Å². The zero-order valence-corrected chi connectivity index (χ0v) is 16.4. The van der Waals surface area contributed by atoms with Crippen molar-refractivity contribution in [2.24, 2.45) is 0 Å². The first-order valence-electron chi connectivity index (χ1n) is 9.00. The highest BCUT2D eigenvalue weighted by Gasteiger charge is 2.35. The van der Waals surface area contributed by atoms with Gasteiger partial charge >= 0.3 is 0 Å². The normalized spacial score (nSPS) is 21.3. The van der Waals surface area contributed by atoms with E-state index in [-0.39, 0.29) is 29.2 Å². The minimum Gasteiger partial charge on any atom is -0.416 e. The molecule has 144 valence electrons. The Balaban J connectivity index is 1.43. The lowest BCUT2D eigenvalue weighted by molar-refractivity contribution is -0.130. The maximum Gasteiger partial charge on any atom is 0.277 e. The molecule has 27 heavy (non-hydrogen) atoms. The summed E-state index contributed by atoms with van der Waals surface area (Å²) in [5, 5.41) is 8.41. The molecule has 1 aliphatic heterocycles. The van der Waals surface area contributed by atoms with E-state index in [1.807, 2.05) is 30.3 Å². The Labute approximate surface area is 162 Å². The molecule has 2 aliphatic rings. The van der Waals surface area contributed by atoms with Crippen LogP contribution in [0.2, 0.25) is 0 Å². The van der Waals surface area contributed by atoms with Crippen LogP contribution in [0, 0.1) is 0 Å². The Bertz CT molecular complexity index is 910. The summed E-state index contributed by atoms with van der Waals surface area (Å²) in [4.78, 5) is 14.6. The average Bonchev–Trinajstić information content (AvgIpc) is 3.29. The zero-order chi connectivity index (χ0) is 18.9. The molecule has 0 unspecified atom stereocenters. The van der Waals surface area contributed by atoms with E-state index in [0.717, 1.165) is 18.4 Å². The molecule has 0 bridgehead atoms. The van der Waals surface area contributed by atoms with E-state index in [9.17, 15) is 13.2 Å². The topological polar surface area (TPSA) is 93.4 Å². The summed E-state index contributed by atoms with van der Waals surface area (Å²) in [5.74, 6) is 1.22. The van der Waals surface area contributed by atoms with Crippen LogP contribution in [0.25, 0.3) is 0 Å². The fraction of sp³-hybridized carbons (Fsp3) is 0.500. The van der Waals surface area contributed by atoms with Gasteiger partial charge in [0, 0.05) is 18.5 Å². The quantitative estimate of drug-likeness (QED) is 0.650. The minimum atomic E-state index is -3.07. The average molecular weight is 408 g/mol. The van der Waals surface area contributed by atoms with Crippen molar-refractivity contribution < 1.29 is 17.6 Å². The number of carbonyl (C=O) groups excluding carboxylic acids is 1. The smallest absolute Gasteiger partial charge is 0.277 e. The molecule has 1 aromatic carbocycles. The lowest BCUT2D eigenvalue weighted by Crippen LogP contribution is -2.41. The third kappa shape index (κ3) is 4.70. The van der Waals surface area contributed by atoms with Crippen LogP contribution >= 0.6 is 11.8 Å². The van der Waals surface area contributed by atoms with E-state index in [1.165, 1.54) is 11.8 Å². The van der Waals surface area contributed by atoms with Crippen LogP contribution < -0.4 is 0 Å². The van der Waals surface area contributed by atoms with Crippen LogP contribution in [0.15, 0.2) is 40.0 Å². The highest BCUT2D eigenvalue weighted by molar-refractivity contribution is 7.99. The van der Waals surface area contributed by atoms with Crippen molar-refractivity contribution >= 4 is 27.5 Å². The minimum absolute atomic E-state index is 0.0304. The standard InChI is InChI=1S/C18H21N3O4S2/c22-16(11-26-18-20-19-17(25-18)14-6-7-14)21(10-13-4-2-1-3-5-13)15-8-9-27(23,24)12-15/h1-5,14-15H,6-12H2/t15-/m0/s1. The van der Waals surface area contributed by atoms with Gasteiger partial charge in [0.2, 0.25) is 11.8 Å². The van der Waals surface area contributed by atoms with Crippen LogP contribution in [-0.4, -0.2) is 52.7 Å². The van der Waals surface area contributed by atoms with E-state index in [0.29, 0.717) is 30.0 Å². The lowest BCUT2D eigenvalue weighted by atomic mass is 10.1. The SMILES string of the molecule is O=C(CSc1nnc(C2CC2)o1)N(Cc1ccccc1)[C@H]1CCS(=O)(=O)C1. The molecule has 2 fully saturated rings. The van der Waals surface area contributed by atoms with Gasteiger partial charge in [-0.1, -0.05) is 42.1 Å². The molecule has 2 aromatic rings. The Morgan fingerprint density at radius 2 is 1.96 bits per heavy atom. The summed E-state index contributed by atoms with van der Waals surface area (Å²) < 4.78 is 29.4. The van der Waals surface area contributed by atoms with Crippen molar-refractivity contribution in [2.75, 3.05) is 17.3 Å². The Hall–Kier alpha value is -1.87. The molecule has 1 saturated heterocycles. The summed E-state index contributed by atoms with van der Waals surface area (Å²) in [6.07, 6.45) is 2.64. The van der Waals surface area contributed by atoms with Gasteiger partial charge in [-0.25, -0.2) is 8.42 Å². The van der Waals surface area contributed by atoms with Gasteiger partial charge in [-0.05, 0) is 24.8 Å². The van der Waals surface area contributed by atoms with Crippen LogP contribution in [0.5, 0.6) is 0 Å². The van der Waals surface area contributed by atoms with E-state index in [4.69, 9.17) is 4.42 Å². The molecule has 1 saturated carbocycles. The molecular weight excluding hydrogens is 386 g/mol. The van der Waals surface area contributed by atoms with Crippen LogP contribution in [0.1, 0.15) is 36.6 Å². The largest absolute Gasteiger partial charge is 0.416 e. The number of thioether (sulfide) groups is 1. The monoisotopic (exact) mass is 407 g/mol. The fourth-order valence-electron chi connectivity index (χ4n) is 3.20. The highest BCUT2D eigenvalue weighted by Crippen LogP contribution is 2.39. The van der Waals surface area contributed by atoms with Gasteiger partial charge in [0.25, 0.3) is 5.22 Å². The van der Waals surface area contributed by atoms with Crippen molar-refractivity contribution in [3.05, 3.63) is 41.8 Å². The number of rotatable bonds is 7. The Morgan fingerprint density at radius 3 is 2.63 bits per heavy atom. The van der Waals surface area contributed by atoms with Crippen molar-refractivity contribution in [1.29, 1.82) is 0 Å². The third-order valence-corrected chi connectivity index (χ3v) is 7.39. The number of hydrogen-bond acceptors (Lipinski definition) is 7. The summed E-state index contributed by atoms with van der Waals surface area (Å²) in [6, 6.07) is 9.34. The van der Waals surface area contributed by atoms with Crippen LogP contribution in [0.3, 0.4) is 0 Å². The van der Waals surface area contributed by atoms with Gasteiger partial charge < -0.3 is 9.32 Å². The van der Waals surface area contributed by atoms with Gasteiger partial charge in [0.05, 0.1) is 17.3 Å². The molecule has 0 N–H and O–H groups in total. The molecule has 0 radical (unpaired) electrons. The lowest BCUT2D eigenvalue weighted by Gasteiger charge is -2.28. The van der Waals surface area contributed by atoms with Crippen LogP contribution in [-0.2, 0) is 21.2 Å². The molecule has 7 nitrogen and oxygen atoms in total. The predicted octanol–water partition coefficient (Wildman–Crippen LogP) is 2.26. The Morgan fingerprint density at radius 1 is 1.19 bits per heavy atom. The number of amides is 1. The number of carbonyl (C=O) groups is 1. The van der Waals surface area contributed by atoms with Crippen molar-refractivity contribution in [2.45, 2.75) is 43.0 Å². The second-order valence-electron chi connectivity index (χ2n) is 7.03. The van der Waals surface area contributed by atoms with Crippen LogP contribution in [0.4, 0.5) is 0 Å². The molecule has 1 atom stereocenters. The molecular formula is C18H21N3O4S2. The van der Waals surface area contributed by atoms with Crippen molar-refractivity contribution in [3.63, 3.8) is 0 Å². The first-order valence-corrected chi connectivity index (χ1v) is 11.8. The highest BCUT2D eigenvalue weighted by atomic mass is 32.2. The summed E-state index contributed by atoms with van der Waals surface area (Å²) in [7, 11) is -3.07. The molecule has 1 aromatic heterocycles. The number of hydrogen-bond donors (Lipinski definition) is 0. The van der Waals surface area contributed by atoms with Gasteiger partial charge in [-0.2, -0.15) is 0 Å². The number of aromatic nitrogens is 2. The van der Waals surface area contributed by atoms with E-state index in [1.54, 1.807) is 4.90 Å². The van der Waals surface area contributed by atoms with E-state index in [2.05, 4.69) is 10.2 Å².